The topological polar surface area (TPSA) is 0 Å². The molecule has 91 valence electrons. The van der Waals surface area contributed by atoms with E-state index >= 15 is 0 Å². The van der Waals surface area contributed by atoms with Crippen molar-refractivity contribution in [1.82, 2.24) is 0 Å². The summed E-state index contributed by atoms with van der Waals surface area (Å²) in [5, 5.41) is 0. The van der Waals surface area contributed by atoms with Crippen LogP contribution in [0.25, 0.3) is 0 Å². The molecule has 0 aromatic heterocycles. The van der Waals surface area contributed by atoms with Crippen LogP contribution in [0.5, 0.6) is 0 Å². The Morgan fingerprint density at radius 2 is 1.59 bits per heavy atom. The molecule has 6 heteroatoms. The lowest BCUT2D eigenvalue weighted by atomic mass is 9.84. The largest absolute Gasteiger partial charge is 0.231 e. The van der Waals surface area contributed by atoms with Gasteiger partial charge in [0.2, 0.25) is 0 Å². The van der Waals surface area contributed by atoms with Gasteiger partial charge in [0.25, 0.3) is 0 Å². The molecular formula is C11H5F6. The maximum absolute atomic E-state index is 13.9. The Labute approximate surface area is 92.6 Å². The summed E-state index contributed by atoms with van der Waals surface area (Å²) in [7, 11) is 0. The van der Waals surface area contributed by atoms with Crippen LogP contribution in [-0.2, 0) is 5.67 Å². The SMILES string of the molecule is CC1(F)C(F)=C(F)[CH]c2cc(F)c(F)c(F)c21. The van der Waals surface area contributed by atoms with E-state index < -0.39 is 45.9 Å². The van der Waals surface area contributed by atoms with Gasteiger partial charge in [-0.15, -0.1) is 0 Å². The molecule has 0 aliphatic heterocycles. The summed E-state index contributed by atoms with van der Waals surface area (Å²) in [4.78, 5) is 0. The molecule has 0 spiro atoms. The summed E-state index contributed by atoms with van der Waals surface area (Å²) in [6.07, 6.45) is 0.414. The third-order valence-electron chi connectivity index (χ3n) is 2.57. The minimum Gasteiger partial charge on any atom is -0.231 e. The first kappa shape index (κ1) is 12.0. The Morgan fingerprint density at radius 1 is 1.00 bits per heavy atom. The summed E-state index contributed by atoms with van der Waals surface area (Å²) in [5.41, 5.74) is -4.77. The molecule has 0 nitrogen and oxygen atoms in total. The van der Waals surface area contributed by atoms with Crippen molar-refractivity contribution in [1.29, 1.82) is 0 Å². The summed E-state index contributed by atoms with van der Waals surface area (Å²) in [5.74, 6) is -8.81. The van der Waals surface area contributed by atoms with Gasteiger partial charge in [0.1, 0.15) is 5.83 Å². The summed E-state index contributed by atoms with van der Waals surface area (Å²) < 4.78 is 79.1. The third kappa shape index (κ3) is 1.54. The van der Waals surface area contributed by atoms with Gasteiger partial charge >= 0.3 is 0 Å². The number of hydrogen-bond donors (Lipinski definition) is 0. The van der Waals surface area contributed by atoms with Crippen LogP contribution in [0, 0.1) is 23.9 Å². The molecule has 1 aromatic rings. The van der Waals surface area contributed by atoms with Crippen molar-refractivity contribution in [2.75, 3.05) is 0 Å². The number of hydrogen-bond acceptors (Lipinski definition) is 0. The highest BCUT2D eigenvalue weighted by Gasteiger charge is 2.44. The summed E-state index contributed by atoms with van der Waals surface area (Å²) in [6, 6.07) is 0.414. The highest BCUT2D eigenvalue weighted by molar-refractivity contribution is 5.51. The number of alkyl halides is 1. The zero-order valence-electron chi connectivity index (χ0n) is 8.42. The van der Waals surface area contributed by atoms with E-state index in [-0.39, 0.29) is 0 Å². The van der Waals surface area contributed by atoms with Gasteiger partial charge in [-0.05, 0) is 18.6 Å². The molecule has 1 aliphatic rings. The Hall–Kier alpha value is -1.46. The van der Waals surface area contributed by atoms with E-state index in [1.54, 1.807) is 0 Å². The third-order valence-corrected chi connectivity index (χ3v) is 2.57. The van der Waals surface area contributed by atoms with E-state index in [1.165, 1.54) is 0 Å². The van der Waals surface area contributed by atoms with Crippen molar-refractivity contribution < 1.29 is 26.3 Å². The van der Waals surface area contributed by atoms with Crippen LogP contribution >= 0.6 is 0 Å². The quantitative estimate of drug-likeness (QED) is 0.483. The zero-order valence-corrected chi connectivity index (χ0v) is 8.42. The van der Waals surface area contributed by atoms with Gasteiger partial charge in [0.05, 0.1) is 6.42 Å². The van der Waals surface area contributed by atoms with Crippen LogP contribution < -0.4 is 0 Å². The summed E-state index contributed by atoms with van der Waals surface area (Å²) in [6.45, 7) is 0.536. The Bertz CT molecular complexity index is 529. The molecule has 0 amide bonds. The Balaban J connectivity index is 2.79. The van der Waals surface area contributed by atoms with Gasteiger partial charge in [-0.1, -0.05) is 0 Å². The molecule has 1 aromatic carbocycles. The second-order valence-corrected chi connectivity index (χ2v) is 3.76. The van der Waals surface area contributed by atoms with E-state index in [9.17, 15) is 26.3 Å². The van der Waals surface area contributed by atoms with Crippen molar-refractivity contribution in [3.8, 4) is 0 Å². The molecule has 1 unspecified atom stereocenters. The monoisotopic (exact) mass is 251 g/mol. The van der Waals surface area contributed by atoms with E-state index in [1.807, 2.05) is 0 Å². The van der Waals surface area contributed by atoms with Gasteiger partial charge in [-0.25, -0.2) is 26.3 Å². The fourth-order valence-corrected chi connectivity index (χ4v) is 1.74. The molecule has 0 heterocycles. The van der Waals surface area contributed by atoms with Crippen LogP contribution in [0.3, 0.4) is 0 Å². The molecule has 1 radical (unpaired) electrons. The van der Waals surface area contributed by atoms with Gasteiger partial charge in [0.15, 0.2) is 28.9 Å². The van der Waals surface area contributed by atoms with E-state index in [2.05, 4.69) is 0 Å². The molecule has 0 N–H and O–H groups in total. The maximum atomic E-state index is 13.9. The molecule has 0 saturated heterocycles. The first-order chi connectivity index (χ1) is 7.76. The van der Waals surface area contributed by atoms with Crippen LogP contribution in [0.15, 0.2) is 17.7 Å². The van der Waals surface area contributed by atoms with Crippen LogP contribution in [0.4, 0.5) is 26.3 Å². The molecular weight excluding hydrogens is 246 g/mol. The highest BCUT2D eigenvalue weighted by Crippen LogP contribution is 2.46. The first-order valence-electron chi connectivity index (χ1n) is 4.54. The number of benzene rings is 1. The smallest absolute Gasteiger partial charge is 0.194 e. The lowest BCUT2D eigenvalue weighted by Crippen LogP contribution is -2.26. The van der Waals surface area contributed by atoms with Crippen molar-refractivity contribution in [3.63, 3.8) is 0 Å². The predicted octanol–water partition coefficient (Wildman–Crippen LogP) is 4.01. The predicted molar refractivity (Wildman–Crippen MR) is 47.4 cm³/mol. The standard InChI is InChI=1S/C11H5F6/c1-11(17)7-4(3-6(13)10(11)16)2-5(12)8(14)9(7)15/h2-3H,1H3. The number of halogens is 6. The van der Waals surface area contributed by atoms with E-state index in [0.717, 1.165) is 0 Å². The van der Waals surface area contributed by atoms with E-state index in [4.69, 9.17) is 0 Å². The molecule has 0 bridgehead atoms. The first-order valence-corrected chi connectivity index (χ1v) is 4.54. The van der Waals surface area contributed by atoms with Crippen molar-refractivity contribution in [2.24, 2.45) is 0 Å². The fourth-order valence-electron chi connectivity index (χ4n) is 1.74. The van der Waals surface area contributed by atoms with Gasteiger partial charge in [-0.2, -0.15) is 0 Å². The molecule has 1 aliphatic carbocycles. The van der Waals surface area contributed by atoms with Crippen molar-refractivity contribution in [3.05, 3.63) is 52.7 Å². The van der Waals surface area contributed by atoms with E-state index in [0.29, 0.717) is 19.4 Å². The average Bonchev–Trinajstić information content (AvgIpc) is 2.22. The molecule has 17 heavy (non-hydrogen) atoms. The second-order valence-electron chi connectivity index (χ2n) is 3.76. The van der Waals surface area contributed by atoms with Gasteiger partial charge < -0.3 is 0 Å². The lowest BCUT2D eigenvalue weighted by molar-refractivity contribution is 0.179. The van der Waals surface area contributed by atoms with Gasteiger partial charge in [-0.3, -0.25) is 0 Å². The Morgan fingerprint density at radius 3 is 2.18 bits per heavy atom. The van der Waals surface area contributed by atoms with Gasteiger partial charge in [0, 0.05) is 5.56 Å². The Kier molecular flexibility index (Phi) is 2.48. The fraction of sp³-hybridized carbons (Fsp3) is 0.182. The summed E-state index contributed by atoms with van der Waals surface area (Å²) >= 11 is 0. The second kappa shape index (κ2) is 3.51. The van der Waals surface area contributed by atoms with Crippen LogP contribution in [0.1, 0.15) is 18.1 Å². The zero-order chi connectivity index (χ0) is 13.0. The molecule has 0 fully saturated rings. The van der Waals surface area contributed by atoms with Crippen LogP contribution in [-0.4, -0.2) is 0 Å². The molecule has 1 atom stereocenters. The number of allylic oxidation sites excluding steroid dienone is 2. The minimum absolute atomic E-state index is 0.414. The van der Waals surface area contributed by atoms with Crippen molar-refractivity contribution >= 4 is 0 Å². The molecule has 2 rings (SSSR count). The maximum Gasteiger partial charge on any atom is 0.194 e. The molecule has 0 saturated carbocycles. The van der Waals surface area contributed by atoms with Crippen molar-refractivity contribution in [2.45, 2.75) is 12.6 Å². The van der Waals surface area contributed by atoms with Crippen LogP contribution in [0.2, 0.25) is 0 Å². The average molecular weight is 251 g/mol. The highest BCUT2D eigenvalue weighted by atomic mass is 19.2. The minimum atomic E-state index is -3.16. The number of rotatable bonds is 0. The normalized spacial score (nSPS) is 23.9. The lowest BCUT2D eigenvalue weighted by Gasteiger charge is -2.27. The number of fused-ring (bicyclic) bond motifs is 1.